The number of likely N-dealkylation sites (N-methyl/N-ethyl adjacent to an activating group) is 1. The highest BCUT2D eigenvalue weighted by Crippen LogP contribution is 2.30. The number of aromatic nitrogens is 2. The minimum absolute atomic E-state index is 0.118. The number of nitrogens with zero attached hydrogens (tertiary/aromatic N) is 4. The van der Waals surface area contributed by atoms with Gasteiger partial charge in [0.05, 0.1) is 11.9 Å². The molecule has 6 nitrogen and oxygen atoms in total. The van der Waals surface area contributed by atoms with Crippen LogP contribution in [-0.4, -0.2) is 53.7 Å². The van der Waals surface area contributed by atoms with Crippen molar-refractivity contribution in [3.05, 3.63) is 22.6 Å². The van der Waals surface area contributed by atoms with Crippen LogP contribution in [0.3, 0.4) is 0 Å². The molecule has 0 bridgehead atoms. The smallest absolute Gasteiger partial charge is 0.269 e. The maximum Gasteiger partial charge on any atom is 0.269 e. The molecule has 0 spiro atoms. The van der Waals surface area contributed by atoms with Crippen molar-refractivity contribution >= 4 is 11.5 Å². The van der Waals surface area contributed by atoms with Gasteiger partial charge in [-0.2, -0.15) is 5.10 Å². The highest BCUT2D eigenvalue weighted by molar-refractivity contribution is 5.82. The predicted octanol–water partition coefficient (Wildman–Crippen LogP) is -0.0258. The van der Waals surface area contributed by atoms with Crippen LogP contribution in [0.5, 0.6) is 0 Å². The van der Waals surface area contributed by atoms with Gasteiger partial charge >= 0.3 is 0 Å². The summed E-state index contributed by atoms with van der Waals surface area (Å²) < 4.78 is 1.28. The number of rotatable bonds is 4. The number of ketones is 1. The van der Waals surface area contributed by atoms with Crippen LogP contribution in [0.25, 0.3) is 0 Å². The van der Waals surface area contributed by atoms with Crippen molar-refractivity contribution in [3.8, 4) is 0 Å². The van der Waals surface area contributed by atoms with E-state index >= 15 is 0 Å². The van der Waals surface area contributed by atoms with Gasteiger partial charge in [-0.15, -0.1) is 0 Å². The summed E-state index contributed by atoms with van der Waals surface area (Å²) in [7, 11) is 2.09. The molecule has 0 amide bonds. The van der Waals surface area contributed by atoms with Crippen molar-refractivity contribution in [2.24, 2.45) is 5.92 Å². The molecule has 2 aliphatic rings. The average molecular weight is 276 g/mol. The molecule has 20 heavy (non-hydrogen) atoms. The predicted molar refractivity (Wildman–Crippen MR) is 75.9 cm³/mol. The second kappa shape index (κ2) is 5.36. The molecule has 1 aromatic heterocycles. The van der Waals surface area contributed by atoms with Crippen LogP contribution in [0.1, 0.15) is 12.8 Å². The summed E-state index contributed by atoms with van der Waals surface area (Å²) in [5.74, 6) is 0.299. The Balaban J connectivity index is 1.70. The molecule has 0 aromatic carbocycles. The van der Waals surface area contributed by atoms with Crippen molar-refractivity contribution < 1.29 is 4.79 Å². The molecule has 0 atom stereocenters. The van der Waals surface area contributed by atoms with Crippen LogP contribution in [0.4, 0.5) is 5.69 Å². The zero-order valence-electron chi connectivity index (χ0n) is 11.8. The normalized spacial score (nSPS) is 20.1. The van der Waals surface area contributed by atoms with Crippen LogP contribution >= 0.6 is 0 Å². The molecule has 108 valence electrons. The van der Waals surface area contributed by atoms with Crippen LogP contribution in [-0.2, 0) is 11.3 Å². The van der Waals surface area contributed by atoms with Gasteiger partial charge in [0.15, 0.2) is 5.78 Å². The molecule has 1 aromatic rings. The maximum absolute atomic E-state index is 12.0. The molecule has 1 aliphatic heterocycles. The first-order chi connectivity index (χ1) is 9.63. The fourth-order valence-corrected chi connectivity index (χ4v) is 2.46. The Morgan fingerprint density at radius 3 is 2.60 bits per heavy atom. The van der Waals surface area contributed by atoms with E-state index < -0.39 is 0 Å². The van der Waals surface area contributed by atoms with E-state index in [-0.39, 0.29) is 23.8 Å². The first kappa shape index (κ1) is 13.3. The van der Waals surface area contributed by atoms with Gasteiger partial charge in [0.1, 0.15) is 6.54 Å². The molecular weight excluding hydrogens is 256 g/mol. The Morgan fingerprint density at radius 1 is 1.30 bits per heavy atom. The lowest BCUT2D eigenvalue weighted by atomic mass is 10.2. The lowest BCUT2D eigenvalue weighted by molar-refractivity contribution is -0.121. The molecule has 2 heterocycles. The van der Waals surface area contributed by atoms with Crippen molar-refractivity contribution in [3.63, 3.8) is 0 Å². The molecule has 3 rings (SSSR count). The fraction of sp³-hybridized carbons (Fsp3) is 0.643. The Morgan fingerprint density at radius 2 is 2.00 bits per heavy atom. The summed E-state index contributed by atoms with van der Waals surface area (Å²) in [6, 6.07) is 1.60. The number of carbonyl (C=O) groups excluding carboxylic acids is 1. The quantitative estimate of drug-likeness (QED) is 0.773. The fourth-order valence-electron chi connectivity index (χ4n) is 2.46. The standard InChI is InChI=1S/C14H20N4O2/c1-16-4-6-17(7-5-16)12-8-14(20)18(15-9-12)10-13(19)11-2-3-11/h8-9,11H,2-7,10H2,1H3. The van der Waals surface area contributed by atoms with E-state index in [2.05, 4.69) is 21.9 Å². The summed E-state index contributed by atoms with van der Waals surface area (Å²) in [6.45, 7) is 3.91. The lowest BCUT2D eigenvalue weighted by Crippen LogP contribution is -2.45. The van der Waals surface area contributed by atoms with E-state index in [0.29, 0.717) is 0 Å². The third kappa shape index (κ3) is 2.90. The molecule has 0 unspecified atom stereocenters. The van der Waals surface area contributed by atoms with Gasteiger partial charge in [-0.1, -0.05) is 0 Å². The Bertz CT molecular complexity index is 557. The summed E-state index contributed by atoms with van der Waals surface area (Å²) in [5, 5.41) is 4.15. The summed E-state index contributed by atoms with van der Waals surface area (Å²) >= 11 is 0. The second-order valence-electron chi connectivity index (χ2n) is 5.74. The molecule has 1 aliphatic carbocycles. The highest BCUT2D eigenvalue weighted by Gasteiger charge is 2.29. The van der Waals surface area contributed by atoms with Crippen molar-refractivity contribution in [2.45, 2.75) is 19.4 Å². The second-order valence-corrected chi connectivity index (χ2v) is 5.74. The molecule has 1 saturated heterocycles. The van der Waals surface area contributed by atoms with E-state index in [9.17, 15) is 9.59 Å². The molecule has 1 saturated carbocycles. The molecule has 6 heteroatoms. The van der Waals surface area contributed by atoms with Crippen LogP contribution < -0.4 is 10.5 Å². The first-order valence-electron chi connectivity index (χ1n) is 7.17. The maximum atomic E-state index is 12.0. The topological polar surface area (TPSA) is 58.4 Å². The van der Waals surface area contributed by atoms with Crippen molar-refractivity contribution in [1.82, 2.24) is 14.7 Å². The summed E-state index contributed by atoms with van der Waals surface area (Å²) in [6.07, 6.45) is 3.63. The van der Waals surface area contributed by atoms with Gasteiger partial charge in [-0.25, -0.2) is 4.68 Å². The number of anilines is 1. The van der Waals surface area contributed by atoms with E-state index in [1.54, 1.807) is 12.3 Å². The number of Topliss-reactive ketones (excluding diaryl/α,β-unsaturated/α-hetero) is 1. The third-order valence-corrected chi connectivity index (χ3v) is 4.06. The number of piperazine rings is 1. The van der Waals surface area contributed by atoms with Crippen LogP contribution in [0.15, 0.2) is 17.1 Å². The van der Waals surface area contributed by atoms with E-state index in [0.717, 1.165) is 44.7 Å². The highest BCUT2D eigenvalue weighted by atomic mass is 16.1. The van der Waals surface area contributed by atoms with Crippen molar-refractivity contribution in [1.29, 1.82) is 0 Å². The van der Waals surface area contributed by atoms with Gasteiger partial charge in [0.2, 0.25) is 0 Å². The minimum Gasteiger partial charge on any atom is -0.368 e. The SMILES string of the molecule is CN1CCN(c2cnn(CC(=O)C3CC3)c(=O)c2)CC1. The molecule has 2 fully saturated rings. The van der Waals surface area contributed by atoms with Gasteiger partial charge in [0, 0.05) is 38.2 Å². The first-order valence-corrected chi connectivity index (χ1v) is 7.17. The average Bonchev–Trinajstić information content (AvgIpc) is 3.26. The number of carbonyl (C=O) groups is 1. The zero-order chi connectivity index (χ0) is 14.1. The van der Waals surface area contributed by atoms with E-state index in [1.807, 2.05) is 0 Å². The molecule has 0 radical (unpaired) electrons. The van der Waals surface area contributed by atoms with Crippen LogP contribution in [0.2, 0.25) is 0 Å². The van der Waals surface area contributed by atoms with Gasteiger partial charge in [-0.3, -0.25) is 9.59 Å². The Hall–Kier alpha value is -1.69. The number of hydrogen-bond acceptors (Lipinski definition) is 5. The monoisotopic (exact) mass is 276 g/mol. The third-order valence-electron chi connectivity index (χ3n) is 4.06. The van der Waals surface area contributed by atoms with Crippen LogP contribution in [0, 0.1) is 5.92 Å². The Labute approximate surface area is 118 Å². The van der Waals surface area contributed by atoms with E-state index in [4.69, 9.17) is 0 Å². The lowest BCUT2D eigenvalue weighted by Gasteiger charge is -2.33. The van der Waals surface area contributed by atoms with E-state index in [1.165, 1.54) is 4.68 Å². The van der Waals surface area contributed by atoms with Crippen molar-refractivity contribution in [2.75, 3.05) is 38.1 Å². The molecule has 0 N–H and O–H groups in total. The molecular formula is C14H20N4O2. The largest absolute Gasteiger partial charge is 0.368 e. The number of hydrogen-bond donors (Lipinski definition) is 0. The van der Waals surface area contributed by atoms with Gasteiger partial charge in [-0.05, 0) is 19.9 Å². The Kier molecular flexibility index (Phi) is 3.56. The van der Waals surface area contributed by atoms with Gasteiger partial charge in [0.25, 0.3) is 5.56 Å². The zero-order valence-corrected chi connectivity index (χ0v) is 11.8. The minimum atomic E-state index is -0.185. The summed E-state index contributed by atoms with van der Waals surface area (Å²) in [5.41, 5.74) is 0.675. The van der Waals surface area contributed by atoms with Gasteiger partial charge < -0.3 is 9.80 Å². The summed E-state index contributed by atoms with van der Waals surface area (Å²) in [4.78, 5) is 28.2.